The fourth-order valence-corrected chi connectivity index (χ4v) is 1.95. The third-order valence-electron chi connectivity index (χ3n) is 3.00. The summed E-state index contributed by atoms with van der Waals surface area (Å²) in [4.78, 5) is 4.08. The smallest absolute Gasteiger partial charge is 0.240 e. The Hall–Kier alpha value is -2.76. The SMILES string of the molecule is COc1ccc(CNc2ccc3nc(N)nn3c2)cc1. The number of methoxy groups -OCH3 is 1. The van der Waals surface area contributed by atoms with Crippen molar-refractivity contribution in [3.05, 3.63) is 48.2 Å². The molecule has 3 N–H and O–H groups in total. The Bertz CT molecular complexity index is 720. The zero-order valence-electron chi connectivity index (χ0n) is 11.1. The minimum Gasteiger partial charge on any atom is -0.497 e. The number of fused-ring (bicyclic) bond motifs is 1. The third kappa shape index (κ3) is 2.49. The highest BCUT2D eigenvalue weighted by Crippen LogP contribution is 2.14. The van der Waals surface area contributed by atoms with Gasteiger partial charge in [0.05, 0.1) is 19.0 Å². The fourth-order valence-electron chi connectivity index (χ4n) is 1.95. The molecule has 0 bridgehead atoms. The second kappa shape index (κ2) is 5.08. The molecule has 0 amide bonds. The van der Waals surface area contributed by atoms with Crippen molar-refractivity contribution in [1.82, 2.24) is 14.6 Å². The van der Waals surface area contributed by atoms with E-state index in [0.717, 1.165) is 23.6 Å². The molecule has 0 aliphatic heterocycles. The Labute approximate surface area is 116 Å². The summed E-state index contributed by atoms with van der Waals surface area (Å²) in [6.45, 7) is 0.722. The van der Waals surface area contributed by atoms with E-state index in [2.05, 4.69) is 15.4 Å². The van der Waals surface area contributed by atoms with Crippen molar-refractivity contribution in [2.24, 2.45) is 0 Å². The Morgan fingerprint density at radius 3 is 2.75 bits per heavy atom. The summed E-state index contributed by atoms with van der Waals surface area (Å²) >= 11 is 0. The van der Waals surface area contributed by atoms with Crippen molar-refractivity contribution < 1.29 is 4.74 Å². The van der Waals surface area contributed by atoms with Crippen molar-refractivity contribution in [1.29, 1.82) is 0 Å². The molecule has 102 valence electrons. The van der Waals surface area contributed by atoms with Crippen LogP contribution in [-0.2, 0) is 6.54 Å². The molecular formula is C14H15N5O. The van der Waals surface area contributed by atoms with Crippen LogP contribution in [0.25, 0.3) is 5.65 Å². The molecule has 6 nitrogen and oxygen atoms in total. The number of anilines is 2. The van der Waals surface area contributed by atoms with Gasteiger partial charge >= 0.3 is 0 Å². The molecule has 0 radical (unpaired) electrons. The van der Waals surface area contributed by atoms with Crippen molar-refractivity contribution in [3.63, 3.8) is 0 Å². The van der Waals surface area contributed by atoms with Crippen LogP contribution < -0.4 is 15.8 Å². The largest absolute Gasteiger partial charge is 0.497 e. The van der Waals surface area contributed by atoms with Crippen LogP contribution in [0.3, 0.4) is 0 Å². The number of nitrogens with one attached hydrogen (secondary N) is 1. The second-order valence-corrected chi connectivity index (χ2v) is 4.39. The minimum absolute atomic E-state index is 0.275. The standard InChI is InChI=1S/C14H15N5O/c1-20-12-5-2-10(3-6-12)8-16-11-4-7-13-17-14(15)18-19(13)9-11/h2-7,9,16H,8H2,1H3,(H2,15,18). The first-order valence-electron chi connectivity index (χ1n) is 6.23. The molecule has 0 atom stereocenters. The molecule has 2 heterocycles. The number of rotatable bonds is 4. The predicted octanol–water partition coefficient (Wildman–Crippen LogP) is 1.93. The average molecular weight is 269 g/mol. The highest BCUT2D eigenvalue weighted by molar-refractivity contribution is 5.51. The summed E-state index contributed by atoms with van der Waals surface area (Å²) in [6.07, 6.45) is 1.86. The lowest BCUT2D eigenvalue weighted by Gasteiger charge is -2.07. The predicted molar refractivity (Wildman–Crippen MR) is 77.7 cm³/mol. The van der Waals surface area contributed by atoms with Gasteiger partial charge < -0.3 is 15.8 Å². The number of nitrogens with two attached hydrogens (primary N) is 1. The fraction of sp³-hybridized carbons (Fsp3) is 0.143. The third-order valence-corrected chi connectivity index (χ3v) is 3.00. The van der Waals surface area contributed by atoms with E-state index in [1.165, 1.54) is 5.56 Å². The van der Waals surface area contributed by atoms with Gasteiger partial charge in [-0.2, -0.15) is 4.98 Å². The van der Waals surface area contributed by atoms with Gasteiger partial charge in [0.1, 0.15) is 5.75 Å². The van der Waals surface area contributed by atoms with Crippen molar-refractivity contribution in [3.8, 4) is 5.75 Å². The Balaban J connectivity index is 1.72. The molecule has 1 aromatic carbocycles. The molecular weight excluding hydrogens is 254 g/mol. The highest BCUT2D eigenvalue weighted by atomic mass is 16.5. The average Bonchev–Trinajstić information content (AvgIpc) is 2.85. The van der Waals surface area contributed by atoms with Crippen molar-refractivity contribution in [2.45, 2.75) is 6.54 Å². The number of ether oxygens (including phenoxy) is 1. The normalized spacial score (nSPS) is 10.7. The van der Waals surface area contributed by atoms with Gasteiger partial charge in [-0.05, 0) is 29.8 Å². The number of hydrogen-bond donors (Lipinski definition) is 2. The molecule has 0 aliphatic rings. The van der Waals surface area contributed by atoms with E-state index >= 15 is 0 Å². The number of hydrogen-bond acceptors (Lipinski definition) is 5. The van der Waals surface area contributed by atoms with Crippen molar-refractivity contribution >= 4 is 17.3 Å². The molecule has 0 unspecified atom stereocenters. The maximum atomic E-state index is 5.56. The number of benzene rings is 1. The molecule has 3 aromatic rings. The lowest BCUT2D eigenvalue weighted by molar-refractivity contribution is 0.414. The van der Waals surface area contributed by atoms with Gasteiger partial charge in [-0.1, -0.05) is 12.1 Å². The Morgan fingerprint density at radius 1 is 1.20 bits per heavy atom. The summed E-state index contributed by atoms with van der Waals surface area (Å²) in [5.41, 5.74) is 8.42. The Kier molecular flexibility index (Phi) is 3.12. The van der Waals surface area contributed by atoms with Crippen LogP contribution in [0, 0.1) is 0 Å². The quantitative estimate of drug-likeness (QED) is 0.756. The van der Waals surface area contributed by atoms with E-state index in [-0.39, 0.29) is 5.95 Å². The zero-order chi connectivity index (χ0) is 13.9. The number of nitrogen functional groups attached to an aromatic ring is 1. The number of nitrogens with zero attached hydrogens (tertiary/aromatic N) is 3. The maximum Gasteiger partial charge on any atom is 0.240 e. The summed E-state index contributed by atoms with van der Waals surface area (Å²) in [7, 11) is 1.66. The van der Waals surface area contributed by atoms with Gasteiger partial charge in [-0.3, -0.25) is 0 Å². The monoisotopic (exact) mass is 269 g/mol. The summed E-state index contributed by atoms with van der Waals surface area (Å²) in [5.74, 6) is 1.13. The first kappa shape index (κ1) is 12.3. The number of pyridine rings is 1. The topological polar surface area (TPSA) is 77.5 Å². The van der Waals surface area contributed by atoms with E-state index in [9.17, 15) is 0 Å². The zero-order valence-corrected chi connectivity index (χ0v) is 11.1. The molecule has 0 aliphatic carbocycles. The van der Waals surface area contributed by atoms with Crippen LogP contribution in [0.5, 0.6) is 5.75 Å². The van der Waals surface area contributed by atoms with E-state index < -0.39 is 0 Å². The van der Waals surface area contributed by atoms with Crippen LogP contribution in [0.4, 0.5) is 11.6 Å². The first-order chi connectivity index (χ1) is 9.74. The van der Waals surface area contributed by atoms with Crippen LogP contribution in [-0.4, -0.2) is 21.7 Å². The molecule has 2 aromatic heterocycles. The second-order valence-electron chi connectivity index (χ2n) is 4.39. The molecule has 0 fully saturated rings. The van der Waals surface area contributed by atoms with E-state index in [1.54, 1.807) is 11.6 Å². The van der Waals surface area contributed by atoms with Gasteiger partial charge in [-0.25, -0.2) is 4.52 Å². The van der Waals surface area contributed by atoms with Gasteiger partial charge in [0.15, 0.2) is 5.65 Å². The van der Waals surface area contributed by atoms with Gasteiger partial charge in [0.25, 0.3) is 0 Å². The van der Waals surface area contributed by atoms with Crippen LogP contribution in [0.1, 0.15) is 5.56 Å². The maximum absolute atomic E-state index is 5.56. The highest BCUT2D eigenvalue weighted by Gasteiger charge is 2.01. The molecule has 6 heteroatoms. The van der Waals surface area contributed by atoms with E-state index in [0.29, 0.717) is 0 Å². The van der Waals surface area contributed by atoms with E-state index in [1.807, 2.05) is 42.6 Å². The molecule has 0 saturated heterocycles. The van der Waals surface area contributed by atoms with Gasteiger partial charge in [-0.15, -0.1) is 5.10 Å². The van der Waals surface area contributed by atoms with Gasteiger partial charge in [0.2, 0.25) is 5.95 Å². The van der Waals surface area contributed by atoms with Crippen LogP contribution >= 0.6 is 0 Å². The van der Waals surface area contributed by atoms with Crippen molar-refractivity contribution in [2.75, 3.05) is 18.2 Å². The minimum atomic E-state index is 0.275. The summed E-state index contributed by atoms with van der Waals surface area (Å²) in [5, 5.41) is 7.41. The Morgan fingerprint density at radius 2 is 2.00 bits per heavy atom. The lowest BCUT2D eigenvalue weighted by Crippen LogP contribution is -2.01. The summed E-state index contributed by atoms with van der Waals surface area (Å²) < 4.78 is 6.79. The number of aromatic nitrogens is 3. The molecule has 20 heavy (non-hydrogen) atoms. The lowest BCUT2D eigenvalue weighted by atomic mass is 10.2. The molecule has 0 spiro atoms. The molecule has 0 saturated carbocycles. The van der Waals surface area contributed by atoms with Crippen LogP contribution in [0.15, 0.2) is 42.6 Å². The van der Waals surface area contributed by atoms with E-state index in [4.69, 9.17) is 10.5 Å². The summed E-state index contributed by atoms with van der Waals surface area (Å²) in [6, 6.07) is 11.8. The van der Waals surface area contributed by atoms with Crippen LogP contribution in [0.2, 0.25) is 0 Å². The van der Waals surface area contributed by atoms with Gasteiger partial charge in [0, 0.05) is 6.54 Å². The first-order valence-corrected chi connectivity index (χ1v) is 6.23. The molecule has 3 rings (SSSR count).